The van der Waals surface area contributed by atoms with E-state index in [-0.39, 0.29) is 12.1 Å². The summed E-state index contributed by atoms with van der Waals surface area (Å²) in [6.45, 7) is 1.78. The fourth-order valence-electron chi connectivity index (χ4n) is 2.49. The number of hydrogen-bond donors (Lipinski definition) is 2. The third-order valence-electron chi connectivity index (χ3n) is 3.48. The minimum atomic E-state index is -0.852. The molecule has 2 N–H and O–H groups in total. The van der Waals surface area contributed by atoms with Crippen molar-refractivity contribution in [2.75, 3.05) is 5.32 Å². The SMILES string of the molecule is Cc1cc(NC2(CC(=O)O)CCC2)cc([N+](=O)[O-])c1. The first kappa shape index (κ1) is 13.3. The number of benzene rings is 1. The maximum atomic E-state index is 10.9. The molecule has 0 amide bonds. The second-order valence-electron chi connectivity index (χ2n) is 5.14. The number of carboxylic acids is 1. The lowest BCUT2D eigenvalue weighted by Gasteiger charge is -2.42. The highest BCUT2D eigenvalue weighted by molar-refractivity contribution is 5.70. The highest BCUT2D eigenvalue weighted by Gasteiger charge is 2.39. The van der Waals surface area contributed by atoms with E-state index >= 15 is 0 Å². The van der Waals surface area contributed by atoms with Crippen LogP contribution in [0.3, 0.4) is 0 Å². The summed E-state index contributed by atoms with van der Waals surface area (Å²) in [7, 11) is 0. The maximum Gasteiger partial charge on any atom is 0.305 e. The molecule has 0 aliphatic heterocycles. The van der Waals surface area contributed by atoms with Gasteiger partial charge in [-0.25, -0.2) is 0 Å². The number of anilines is 1. The first-order chi connectivity index (χ1) is 8.90. The van der Waals surface area contributed by atoms with Crippen molar-refractivity contribution >= 4 is 17.3 Å². The number of carbonyl (C=O) groups is 1. The molecule has 1 saturated carbocycles. The van der Waals surface area contributed by atoms with Gasteiger partial charge in [-0.3, -0.25) is 14.9 Å². The predicted molar refractivity (Wildman–Crippen MR) is 70.3 cm³/mol. The number of nitrogens with one attached hydrogen (secondary N) is 1. The Bertz CT molecular complexity index is 523. The van der Waals surface area contributed by atoms with E-state index in [1.165, 1.54) is 12.1 Å². The number of carboxylic acid groups (broad SMARTS) is 1. The molecular formula is C13H16N2O4. The van der Waals surface area contributed by atoms with Gasteiger partial charge in [-0.2, -0.15) is 0 Å². The Balaban J connectivity index is 2.22. The largest absolute Gasteiger partial charge is 0.481 e. The summed E-state index contributed by atoms with van der Waals surface area (Å²) in [5.41, 5.74) is 0.967. The molecule has 6 heteroatoms. The maximum absolute atomic E-state index is 10.9. The Morgan fingerprint density at radius 2 is 2.16 bits per heavy atom. The smallest absolute Gasteiger partial charge is 0.305 e. The number of non-ortho nitro benzene ring substituents is 1. The molecule has 1 aromatic rings. The molecule has 0 unspecified atom stereocenters. The van der Waals surface area contributed by atoms with E-state index in [4.69, 9.17) is 5.11 Å². The van der Waals surface area contributed by atoms with Crippen LogP contribution in [0.15, 0.2) is 18.2 Å². The third kappa shape index (κ3) is 3.01. The monoisotopic (exact) mass is 264 g/mol. The molecule has 1 aliphatic carbocycles. The minimum Gasteiger partial charge on any atom is -0.481 e. The van der Waals surface area contributed by atoms with Gasteiger partial charge in [-0.05, 0) is 37.8 Å². The molecule has 0 aromatic heterocycles. The molecule has 0 radical (unpaired) electrons. The Kier molecular flexibility index (Phi) is 3.42. The van der Waals surface area contributed by atoms with E-state index in [0.29, 0.717) is 5.69 Å². The van der Waals surface area contributed by atoms with Crippen LogP contribution in [0.1, 0.15) is 31.2 Å². The predicted octanol–water partition coefficient (Wildman–Crippen LogP) is 2.71. The number of nitro groups is 1. The average Bonchev–Trinajstić information content (AvgIpc) is 2.24. The standard InChI is InChI=1S/C13H16N2O4/c1-9-5-10(7-11(6-9)15(18)19)14-13(3-2-4-13)8-12(16)17/h5-7,14H,2-4,8H2,1H3,(H,16,17). The van der Waals surface area contributed by atoms with E-state index in [1.807, 2.05) is 0 Å². The van der Waals surface area contributed by atoms with Crippen molar-refractivity contribution in [3.63, 3.8) is 0 Å². The van der Waals surface area contributed by atoms with Crippen LogP contribution in [0, 0.1) is 17.0 Å². The molecule has 0 spiro atoms. The molecule has 0 atom stereocenters. The highest BCUT2D eigenvalue weighted by atomic mass is 16.6. The van der Waals surface area contributed by atoms with E-state index in [9.17, 15) is 14.9 Å². The second-order valence-corrected chi connectivity index (χ2v) is 5.14. The van der Waals surface area contributed by atoms with Crippen LogP contribution in [0.5, 0.6) is 0 Å². The summed E-state index contributed by atoms with van der Waals surface area (Å²) in [5.74, 6) is -0.852. The Morgan fingerprint density at radius 3 is 2.63 bits per heavy atom. The molecule has 1 fully saturated rings. The van der Waals surface area contributed by atoms with Crippen molar-refractivity contribution in [2.24, 2.45) is 0 Å². The molecule has 6 nitrogen and oxygen atoms in total. The van der Waals surface area contributed by atoms with Crippen LogP contribution in [0.4, 0.5) is 11.4 Å². The Morgan fingerprint density at radius 1 is 1.47 bits per heavy atom. The van der Waals surface area contributed by atoms with Crippen LogP contribution < -0.4 is 5.32 Å². The zero-order valence-corrected chi connectivity index (χ0v) is 10.7. The Hall–Kier alpha value is -2.11. The zero-order valence-electron chi connectivity index (χ0n) is 10.7. The molecular weight excluding hydrogens is 248 g/mol. The van der Waals surface area contributed by atoms with Gasteiger partial charge >= 0.3 is 5.97 Å². The van der Waals surface area contributed by atoms with Gasteiger partial charge in [0.25, 0.3) is 5.69 Å². The number of rotatable bonds is 5. The molecule has 0 bridgehead atoms. The number of aryl methyl sites for hydroxylation is 1. The fraction of sp³-hybridized carbons (Fsp3) is 0.462. The van der Waals surface area contributed by atoms with Crippen LogP contribution in [0.25, 0.3) is 0 Å². The van der Waals surface area contributed by atoms with Crippen molar-refractivity contribution in [3.05, 3.63) is 33.9 Å². The number of nitro benzene ring substituents is 1. The lowest BCUT2D eigenvalue weighted by Crippen LogP contribution is -2.46. The first-order valence-corrected chi connectivity index (χ1v) is 6.16. The third-order valence-corrected chi connectivity index (χ3v) is 3.48. The van der Waals surface area contributed by atoms with Gasteiger partial charge < -0.3 is 10.4 Å². The van der Waals surface area contributed by atoms with Gasteiger partial charge in [-0.1, -0.05) is 0 Å². The van der Waals surface area contributed by atoms with E-state index in [1.54, 1.807) is 13.0 Å². The quantitative estimate of drug-likeness (QED) is 0.630. The van der Waals surface area contributed by atoms with Gasteiger partial charge in [0, 0.05) is 23.4 Å². The lowest BCUT2D eigenvalue weighted by molar-refractivity contribution is -0.384. The number of nitrogens with zero attached hydrogens (tertiary/aromatic N) is 1. The summed E-state index contributed by atoms with van der Waals surface area (Å²) in [4.78, 5) is 21.3. The average molecular weight is 264 g/mol. The summed E-state index contributed by atoms with van der Waals surface area (Å²) in [6.07, 6.45) is 2.57. The number of hydrogen-bond acceptors (Lipinski definition) is 4. The second kappa shape index (κ2) is 4.87. The minimum absolute atomic E-state index is 0.0206. The number of aliphatic carboxylic acids is 1. The van der Waals surface area contributed by atoms with Gasteiger partial charge in [0.2, 0.25) is 0 Å². The molecule has 102 valence electrons. The van der Waals surface area contributed by atoms with Crippen molar-refractivity contribution in [1.82, 2.24) is 0 Å². The van der Waals surface area contributed by atoms with Crippen LogP contribution in [0.2, 0.25) is 0 Å². The van der Waals surface area contributed by atoms with E-state index in [0.717, 1.165) is 24.8 Å². The lowest BCUT2D eigenvalue weighted by atomic mass is 9.74. The molecule has 0 saturated heterocycles. The molecule has 0 heterocycles. The Labute approximate surface area is 110 Å². The van der Waals surface area contributed by atoms with Crippen LogP contribution >= 0.6 is 0 Å². The van der Waals surface area contributed by atoms with Crippen LogP contribution in [-0.4, -0.2) is 21.5 Å². The molecule has 2 rings (SSSR count). The van der Waals surface area contributed by atoms with E-state index < -0.39 is 16.4 Å². The van der Waals surface area contributed by atoms with Crippen molar-refractivity contribution in [2.45, 2.75) is 38.1 Å². The topological polar surface area (TPSA) is 92.5 Å². The summed E-state index contributed by atoms with van der Waals surface area (Å²) in [6, 6.07) is 4.75. The summed E-state index contributed by atoms with van der Waals surface area (Å²) < 4.78 is 0. The molecule has 1 aliphatic rings. The van der Waals surface area contributed by atoms with Crippen molar-refractivity contribution in [3.8, 4) is 0 Å². The van der Waals surface area contributed by atoms with Crippen LogP contribution in [-0.2, 0) is 4.79 Å². The van der Waals surface area contributed by atoms with Gasteiger partial charge in [0.05, 0.1) is 11.3 Å². The normalized spacial score (nSPS) is 16.5. The first-order valence-electron chi connectivity index (χ1n) is 6.16. The summed E-state index contributed by atoms with van der Waals surface area (Å²) >= 11 is 0. The zero-order chi connectivity index (χ0) is 14.0. The van der Waals surface area contributed by atoms with Gasteiger partial charge in [0.1, 0.15) is 0 Å². The summed E-state index contributed by atoms with van der Waals surface area (Å²) in [5, 5.41) is 22.9. The molecule has 19 heavy (non-hydrogen) atoms. The van der Waals surface area contributed by atoms with Crippen molar-refractivity contribution < 1.29 is 14.8 Å². The van der Waals surface area contributed by atoms with Gasteiger partial charge in [-0.15, -0.1) is 0 Å². The van der Waals surface area contributed by atoms with Gasteiger partial charge in [0.15, 0.2) is 0 Å². The van der Waals surface area contributed by atoms with E-state index in [2.05, 4.69) is 5.32 Å². The molecule has 1 aromatic carbocycles. The van der Waals surface area contributed by atoms with Crippen molar-refractivity contribution in [1.29, 1.82) is 0 Å². The fourth-order valence-corrected chi connectivity index (χ4v) is 2.49. The highest BCUT2D eigenvalue weighted by Crippen LogP contribution is 2.38.